The predicted octanol–water partition coefficient (Wildman–Crippen LogP) is 2.41. The molecule has 10 heteroatoms. The lowest BCUT2D eigenvalue weighted by molar-refractivity contribution is 0.344. The average molecular weight is 386 g/mol. The Morgan fingerprint density at radius 2 is 1.89 bits per heavy atom. The Labute approximate surface area is 162 Å². The highest BCUT2D eigenvalue weighted by atomic mass is 32.2. The number of anilines is 2. The molecule has 0 bridgehead atoms. The Morgan fingerprint density at radius 1 is 1.11 bits per heavy atom. The molecule has 3 aromatic rings. The molecule has 142 valence electrons. The van der Waals surface area contributed by atoms with E-state index in [-0.39, 0.29) is 0 Å². The summed E-state index contributed by atoms with van der Waals surface area (Å²) >= 11 is 1.51. The standard InChI is InChI=1S/C17H22N8OS/c1-4-19-15-21-14(18-3)22-16(23-15)25-11-20-17(24-25)27-10-9-26-13-7-5-12(2)6-8-13/h5-8,11H,4,9-10H2,1-3H3,(H2,18,19,21,22,23). The summed E-state index contributed by atoms with van der Waals surface area (Å²) in [5.41, 5.74) is 1.21. The number of ether oxygens (including phenoxy) is 1. The van der Waals surface area contributed by atoms with Gasteiger partial charge in [0.1, 0.15) is 12.1 Å². The van der Waals surface area contributed by atoms with Crippen LogP contribution in [0.2, 0.25) is 0 Å². The number of benzene rings is 1. The molecule has 0 aliphatic heterocycles. The van der Waals surface area contributed by atoms with Gasteiger partial charge >= 0.3 is 0 Å². The van der Waals surface area contributed by atoms with Crippen molar-refractivity contribution in [3.63, 3.8) is 0 Å². The molecule has 0 radical (unpaired) electrons. The van der Waals surface area contributed by atoms with Crippen LogP contribution in [0.3, 0.4) is 0 Å². The van der Waals surface area contributed by atoms with Crippen LogP contribution in [0.15, 0.2) is 35.7 Å². The van der Waals surface area contributed by atoms with Gasteiger partial charge in [-0.15, -0.1) is 5.10 Å². The van der Waals surface area contributed by atoms with Crippen molar-refractivity contribution in [2.75, 3.05) is 36.6 Å². The summed E-state index contributed by atoms with van der Waals surface area (Å²) < 4.78 is 7.25. The van der Waals surface area contributed by atoms with Crippen LogP contribution < -0.4 is 15.4 Å². The van der Waals surface area contributed by atoms with Crippen molar-refractivity contribution >= 4 is 23.7 Å². The minimum Gasteiger partial charge on any atom is -0.493 e. The summed E-state index contributed by atoms with van der Waals surface area (Å²) in [4.78, 5) is 17.2. The summed E-state index contributed by atoms with van der Waals surface area (Å²) in [5.74, 6) is 2.95. The molecule has 3 rings (SSSR count). The Balaban J connectivity index is 1.58. The molecular formula is C17H22N8OS. The first kappa shape index (κ1) is 18.9. The van der Waals surface area contributed by atoms with E-state index in [9.17, 15) is 0 Å². The SMILES string of the molecule is CCNc1nc(NC)nc(-n2cnc(SCCOc3ccc(C)cc3)n2)n1. The van der Waals surface area contributed by atoms with Gasteiger partial charge < -0.3 is 15.4 Å². The normalized spacial score (nSPS) is 10.6. The lowest BCUT2D eigenvalue weighted by atomic mass is 10.2. The van der Waals surface area contributed by atoms with Gasteiger partial charge in [-0.25, -0.2) is 4.98 Å². The van der Waals surface area contributed by atoms with E-state index >= 15 is 0 Å². The van der Waals surface area contributed by atoms with Crippen molar-refractivity contribution in [1.29, 1.82) is 0 Å². The minimum absolute atomic E-state index is 0.403. The van der Waals surface area contributed by atoms with Gasteiger partial charge in [0.2, 0.25) is 17.1 Å². The van der Waals surface area contributed by atoms with Gasteiger partial charge in [0.15, 0.2) is 0 Å². The zero-order chi connectivity index (χ0) is 19.1. The molecule has 0 saturated heterocycles. The minimum atomic E-state index is 0.403. The van der Waals surface area contributed by atoms with E-state index in [2.05, 4.69) is 42.6 Å². The van der Waals surface area contributed by atoms with E-state index in [1.807, 2.05) is 31.2 Å². The van der Waals surface area contributed by atoms with E-state index in [1.165, 1.54) is 22.0 Å². The third kappa shape index (κ3) is 5.30. The fourth-order valence-corrected chi connectivity index (χ4v) is 2.77. The summed E-state index contributed by atoms with van der Waals surface area (Å²) in [6, 6.07) is 7.99. The molecular weight excluding hydrogens is 364 g/mol. The van der Waals surface area contributed by atoms with Gasteiger partial charge in [-0.05, 0) is 26.0 Å². The Bertz CT molecular complexity index is 868. The predicted molar refractivity (Wildman–Crippen MR) is 106 cm³/mol. The Kier molecular flexibility index (Phi) is 6.42. The number of aryl methyl sites for hydroxylation is 1. The fraction of sp³-hybridized carbons (Fsp3) is 0.353. The highest BCUT2D eigenvalue weighted by Crippen LogP contribution is 2.16. The van der Waals surface area contributed by atoms with E-state index in [0.717, 1.165) is 11.5 Å². The molecule has 0 spiro atoms. The molecule has 1 aromatic carbocycles. The van der Waals surface area contributed by atoms with E-state index in [1.54, 1.807) is 13.4 Å². The fourth-order valence-electron chi connectivity index (χ4n) is 2.15. The summed E-state index contributed by atoms with van der Waals surface area (Å²) in [6.45, 7) is 5.31. The monoisotopic (exact) mass is 386 g/mol. The molecule has 0 fully saturated rings. The molecule has 2 heterocycles. The first-order valence-electron chi connectivity index (χ1n) is 8.60. The van der Waals surface area contributed by atoms with Crippen LogP contribution in [0.25, 0.3) is 5.95 Å². The number of nitrogens with one attached hydrogen (secondary N) is 2. The van der Waals surface area contributed by atoms with Crippen LogP contribution in [-0.4, -0.2) is 55.7 Å². The maximum Gasteiger partial charge on any atom is 0.258 e. The molecule has 0 aliphatic rings. The van der Waals surface area contributed by atoms with Gasteiger partial charge in [-0.2, -0.15) is 19.6 Å². The van der Waals surface area contributed by atoms with Crippen molar-refractivity contribution in [3.8, 4) is 11.7 Å². The Morgan fingerprint density at radius 3 is 2.63 bits per heavy atom. The lowest BCUT2D eigenvalue weighted by Gasteiger charge is -2.06. The second kappa shape index (κ2) is 9.17. The lowest BCUT2D eigenvalue weighted by Crippen LogP contribution is -2.11. The van der Waals surface area contributed by atoms with Crippen molar-refractivity contribution in [2.24, 2.45) is 0 Å². The summed E-state index contributed by atoms with van der Waals surface area (Å²) in [5, 5.41) is 11.0. The molecule has 9 nitrogen and oxygen atoms in total. The van der Waals surface area contributed by atoms with Gasteiger partial charge in [0.25, 0.3) is 5.95 Å². The summed E-state index contributed by atoms with van der Waals surface area (Å²) in [7, 11) is 1.76. The number of thioether (sulfide) groups is 1. The first-order chi connectivity index (χ1) is 13.2. The highest BCUT2D eigenvalue weighted by Gasteiger charge is 2.10. The van der Waals surface area contributed by atoms with E-state index in [0.29, 0.717) is 36.2 Å². The zero-order valence-corrected chi connectivity index (χ0v) is 16.3. The van der Waals surface area contributed by atoms with Gasteiger partial charge in [0, 0.05) is 19.3 Å². The van der Waals surface area contributed by atoms with Gasteiger partial charge in [-0.1, -0.05) is 29.5 Å². The largest absolute Gasteiger partial charge is 0.493 e. The van der Waals surface area contributed by atoms with Gasteiger partial charge in [-0.3, -0.25) is 0 Å². The third-order valence-electron chi connectivity index (χ3n) is 3.46. The van der Waals surface area contributed by atoms with E-state index in [4.69, 9.17) is 4.74 Å². The molecule has 0 atom stereocenters. The summed E-state index contributed by atoms with van der Waals surface area (Å²) in [6.07, 6.45) is 1.59. The molecule has 0 aliphatic carbocycles. The van der Waals surface area contributed by atoms with Crippen LogP contribution in [0, 0.1) is 6.92 Å². The van der Waals surface area contributed by atoms with Crippen LogP contribution >= 0.6 is 11.8 Å². The maximum atomic E-state index is 5.71. The van der Waals surface area contributed by atoms with Crippen LogP contribution in [0.1, 0.15) is 12.5 Å². The van der Waals surface area contributed by atoms with Crippen LogP contribution in [0.5, 0.6) is 5.75 Å². The maximum absolute atomic E-state index is 5.71. The molecule has 2 N–H and O–H groups in total. The van der Waals surface area contributed by atoms with Crippen LogP contribution in [-0.2, 0) is 0 Å². The average Bonchev–Trinajstić information content (AvgIpc) is 3.16. The van der Waals surface area contributed by atoms with E-state index < -0.39 is 0 Å². The number of rotatable bonds is 9. The Hall–Kier alpha value is -2.88. The third-order valence-corrected chi connectivity index (χ3v) is 4.28. The van der Waals surface area contributed by atoms with Crippen molar-refractivity contribution in [2.45, 2.75) is 19.0 Å². The van der Waals surface area contributed by atoms with Crippen LogP contribution in [0.4, 0.5) is 11.9 Å². The van der Waals surface area contributed by atoms with Gasteiger partial charge in [0.05, 0.1) is 6.61 Å². The molecule has 0 unspecified atom stereocenters. The number of nitrogens with zero attached hydrogens (tertiary/aromatic N) is 6. The molecule has 2 aromatic heterocycles. The first-order valence-corrected chi connectivity index (χ1v) is 9.58. The second-order valence-electron chi connectivity index (χ2n) is 5.54. The van der Waals surface area contributed by atoms with Crippen molar-refractivity contribution < 1.29 is 4.74 Å². The second-order valence-corrected chi connectivity index (χ2v) is 6.61. The number of hydrogen-bond donors (Lipinski definition) is 2. The van der Waals surface area contributed by atoms with Crippen molar-refractivity contribution in [1.82, 2.24) is 29.7 Å². The van der Waals surface area contributed by atoms with Crippen molar-refractivity contribution in [3.05, 3.63) is 36.2 Å². The molecule has 27 heavy (non-hydrogen) atoms. The quantitative estimate of drug-likeness (QED) is 0.424. The topological polar surface area (TPSA) is 103 Å². The molecule has 0 saturated carbocycles. The number of aromatic nitrogens is 6. The zero-order valence-electron chi connectivity index (χ0n) is 15.5. The molecule has 0 amide bonds. The smallest absolute Gasteiger partial charge is 0.258 e. The number of hydrogen-bond acceptors (Lipinski definition) is 9. The highest BCUT2D eigenvalue weighted by molar-refractivity contribution is 7.99.